The quantitative estimate of drug-likeness (QED) is 0.735. The molecule has 0 spiro atoms. The summed E-state index contributed by atoms with van der Waals surface area (Å²) >= 11 is 0. The molecule has 1 aliphatic heterocycles. The second-order valence-corrected chi connectivity index (χ2v) is 4.78. The lowest BCUT2D eigenvalue weighted by Crippen LogP contribution is -2.40. The molecule has 0 aliphatic carbocycles. The van der Waals surface area contributed by atoms with Crippen LogP contribution < -0.4 is 15.4 Å². The van der Waals surface area contributed by atoms with Gasteiger partial charge in [0, 0.05) is 23.1 Å². The van der Waals surface area contributed by atoms with Gasteiger partial charge in [-0.3, -0.25) is 10.1 Å². The maximum absolute atomic E-state index is 11.9. The number of fused-ring (bicyclic) bond motifs is 1. The van der Waals surface area contributed by atoms with E-state index in [1.54, 1.807) is 7.11 Å². The number of carbonyl (C=O) groups excluding carboxylic acids is 1. The molecule has 104 valence electrons. The summed E-state index contributed by atoms with van der Waals surface area (Å²) in [6, 6.07) is 7.67. The van der Waals surface area contributed by atoms with Crippen LogP contribution in [-0.4, -0.2) is 30.6 Å². The molecule has 5 heteroatoms. The highest BCUT2D eigenvalue weighted by atomic mass is 16.5. The summed E-state index contributed by atoms with van der Waals surface area (Å²) in [5.41, 5.74) is 2.01. The zero-order valence-electron chi connectivity index (χ0n) is 11.3. The molecule has 0 saturated heterocycles. The zero-order valence-corrected chi connectivity index (χ0v) is 11.3. The van der Waals surface area contributed by atoms with E-state index in [2.05, 4.69) is 15.6 Å². The van der Waals surface area contributed by atoms with Gasteiger partial charge in [-0.05, 0) is 24.3 Å². The molecule has 5 nitrogen and oxygen atoms in total. The maximum atomic E-state index is 11.9. The number of aromatic nitrogens is 1. The Kier molecular flexibility index (Phi) is 3.43. The molecule has 1 amide bonds. The van der Waals surface area contributed by atoms with Gasteiger partial charge in [-0.25, -0.2) is 0 Å². The Bertz CT molecular complexity index is 660. The third-order valence-electron chi connectivity index (χ3n) is 3.40. The Morgan fingerprint density at radius 2 is 2.35 bits per heavy atom. The summed E-state index contributed by atoms with van der Waals surface area (Å²) < 4.78 is 5.20. The molecule has 1 atom stereocenters. The van der Waals surface area contributed by atoms with Gasteiger partial charge in [0.1, 0.15) is 11.8 Å². The molecule has 0 radical (unpaired) electrons. The lowest BCUT2D eigenvalue weighted by atomic mass is 10.2. The summed E-state index contributed by atoms with van der Waals surface area (Å²) in [4.78, 5) is 15.2. The van der Waals surface area contributed by atoms with Crippen molar-refractivity contribution in [2.75, 3.05) is 13.7 Å². The SMILES string of the molecule is COc1ccc2[nH]c(CNC(=O)[C@H]3C=CCN3)cc2c1. The van der Waals surface area contributed by atoms with E-state index in [1.807, 2.05) is 36.4 Å². The number of ether oxygens (including phenoxy) is 1. The van der Waals surface area contributed by atoms with Crippen LogP contribution >= 0.6 is 0 Å². The average molecular weight is 271 g/mol. The molecule has 1 aromatic heterocycles. The van der Waals surface area contributed by atoms with Crippen molar-refractivity contribution >= 4 is 16.8 Å². The number of amides is 1. The fourth-order valence-corrected chi connectivity index (χ4v) is 2.33. The third kappa shape index (κ3) is 2.53. The number of hydrogen-bond acceptors (Lipinski definition) is 3. The third-order valence-corrected chi connectivity index (χ3v) is 3.40. The standard InChI is InChI=1S/C15H17N3O2/c1-20-12-4-5-13-10(8-12)7-11(18-13)9-17-15(19)14-3-2-6-16-14/h2-5,7-8,14,16,18H,6,9H2,1H3,(H,17,19)/t14-/m1/s1. The molecular weight excluding hydrogens is 254 g/mol. The molecule has 2 heterocycles. The molecule has 1 aromatic carbocycles. The molecule has 0 fully saturated rings. The van der Waals surface area contributed by atoms with Crippen LogP contribution in [0.2, 0.25) is 0 Å². The predicted octanol–water partition coefficient (Wildman–Crippen LogP) is 1.32. The van der Waals surface area contributed by atoms with Crippen LogP contribution in [0, 0.1) is 0 Å². The lowest BCUT2D eigenvalue weighted by molar-refractivity contribution is -0.122. The van der Waals surface area contributed by atoms with Gasteiger partial charge >= 0.3 is 0 Å². The number of benzene rings is 1. The Balaban J connectivity index is 1.68. The van der Waals surface area contributed by atoms with Gasteiger partial charge in [0.2, 0.25) is 5.91 Å². The number of aromatic amines is 1. The predicted molar refractivity (Wildman–Crippen MR) is 77.6 cm³/mol. The first-order valence-corrected chi connectivity index (χ1v) is 6.59. The van der Waals surface area contributed by atoms with Crippen molar-refractivity contribution in [2.45, 2.75) is 12.6 Å². The van der Waals surface area contributed by atoms with E-state index in [0.717, 1.165) is 28.9 Å². The van der Waals surface area contributed by atoms with E-state index in [4.69, 9.17) is 4.74 Å². The minimum atomic E-state index is -0.209. The number of H-pyrrole nitrogens is 1. The van der Waals surface area contributed by atoms with Gasteiger partial charge in [-0.15, -0.1) is 0 Å². The number of carbonyl (C=O) groups is 1. The highest BCUT2D eigenvalue weighted by Gasteiger charge is 2.16. The topological polar surface area (TPSA) is 66.1 Å². The summed E-state index contributed by atoms with van der Waals surface area (Å²) in [6.07, 6.45) is 3.84. The smallest absolute Gasteiger partial charge is 0.241 e. The van der Waals surface area contributed by atoms with Crippen LogP contribution in [0.4, 0.5) is 0 Å². The van der Waals surface area contributed by atoms with Crippen LogP contribution in [-0.2, 0) is 11.3 Å². The summed E-state index contributed by atoms with van der Waals surface area (Å²) in [7, 11) is 1.65. The summed E-state index contributed by atoms with van der Waals surface area (Å²) in [5.74, 6) is 0.822. The molecule has 0 bridgehead atoms. The molecule has 20 heavy (non-hydrogen) atoms. The van der Waals surface area contributed by atoms with Gasteiger partial charge in [0.15, 0.2) is 0 Å². The molecule has 1 aliphatic rings. The number of hydrogen-bond donors (Lipinski definition) is 3. The van der Waals surface area contributed by atoms with Crippen molar-refractivity contribution in [1.29, 1.82) is 0 Å². The number of rotatable bonds is 4. The fraction of sp³-hybridized carbons (Fsp3) is 0.267. The number of methoxy groups -OCH3 is 1. The fourth-order valence-electron chi connectivity index (χ4n) is 2.33. The van der Waals surface area contributed by atoms with Crippen molar-refractivity contribution in [3.05, 3.63) is 42.1 Å². The van der Waals surface area contributed by atoms with Crippen molar-refractivity contribution < 1.29 is 9.53 Å². The first kappa shape index (κ1) is 12.7. The largest absolute Gasteiger partial charge is 0.497 e. The molecule has 3 N–H and O–H groups in total. The van der Waals surface area contributed by atoms with Crippen LogP contribution in [0.5, 0.6) is 5.75 Å². The van der Waals surface area contributed by atoms with Crippen molar-refractivity contribution in [2.24, 2.45) is 0 Å². The van der Waals surface area contributed by atoms with Gasteiger partial charge in [0.05, 0.1) is 13.7 Å². The monoisotopic (exact) mass is 271 g/mol. The van der Waals surface area contributed by atoms with Crippen LogP contribution in [0.3, 0.4) is 0 Å². The maximum Gasteiger partial charge on any atom is 0.241 e. The van der Waals surface area contributed by atoms with Gasteiger partial charge in [-0.2, -0.15) is 0 Å². The lowest BCUT2D eigenvalue weighted by Gasteiger charge is -2.09. The van der Waals surface area contributed by atoms with Crippen molar-refractivity contribution in [3.63, 3.8) is 0 Å². The molecule has 0 unspecified atom stereocenters. The van der Waals surface area contributed by atoms with E-state index in [-0.39, 0.29) is 11.9 Å². The Hall–Kier alpha value is -2.27. The zero-order chi connectivity index (χ0) is 13.9. The summed E-state index contributed by atoms with van der Waals surface area (Å²) in [6.45, 7) is 1.24. The number of nitrogens with one attached hydrogen (secondary N) is 3. The summed E-state index contributed by atoms with van der Waals surface area (Å²) in [5, 5.41) is 7.08. The van der Waals surface area contributed by atoms with Crippen LogP contribution in [0.1, 0.15) is 5.69 Å². The first-order valence-electron chi connectivity index (χ1n) is 6.59. The normalized spacial score (nSPS) is 17.6. The molecular formula is C15H17N3O2. The van der Waals surface area contributed by atoms with Gasteiger partial charge < -0.3 is 15.0 Å². The van der Waals surface area contributed by atoms with Crippen molar-refractivity contribution in [3.8, 4) is 5.75 Å². The van der Waals surface area contributed by atoms with E-state index in [9.17, 15) is 4.79 Å². The Labute approximate surface area is 117 Å². The van der Waals surface area contributed by atoms with E-state index in [0.29, 0.717) is 6.54 Å². The minimum Gasteiger partial charge on any atom is -0.497 e. The van der Waals surface area contributed by atoms with Gasteiger partial charge in [0.25, 0.3) is 0 Å². The van der Waals surface area contributed by atoms with E-state index >= 15 is 0 Å². The van der Waals surface area contributed by atoms with Crippen LogP contribution in [0.15, 0.2) is 36.4 Å². The van der Waals surface area contributed by atoms with E-state index < -0.39 is 0 Å². The second-order valence-electron chi connectivity index (χ2n) is 4.78. The Morgan fingerprint density at radius 3 is 3.10 bits per heavy atom. The van der Waals surface area contributed by atoms with Crippen LogP contribution in [0.25, 0.3) is 10.9 Å². The molecule has 2 aromatic rings. The van der Waals surface area contributed by atoms with E-state index in [1.165, 1.54) is 0 Å². The molecule has 3 rings (SSSR count). The molecule has 0 saturated carbocycles. The highest BCUT2D eigenvalue weighted by Crippen LogP contribution is 2.21. The minimum absolute atomic E-state index is 0.00464. The van der Waals surface area contributed by atoms with Crippen molar-refractivity contribution in [1.82, 2.24) is 15.6 Å². The first-order chi connectivity index (χ1) is 9.76. The second kappa shape index (κ2) is 5.38. The Morgan fingerprint density at radius 1 is 1.45 bits per heavy atom. The average Bonchev–Trinajstić information content (AvgIpc) is 3.12. The van der Waals surface area contributed by atoms with Gasteiger partial charge in [-0.1, -0.05) is 12.2 Å². The highest BCUT2D eigenvalue weighted by molar-refractivity contribution is 5.85.